The molecular weight excluding hydrogens is 515 g/mol. The summed E-state index contributed by atoms with van der Waals surface area (Å²) < 4.78 is 19.4. The molecule has 3 aromatic carbocycles. The normalized spacial score (nSPS) is 15.8. The molecule has 5 nitrogen and oxygen atoms in total. The Morgan fingerprint density at radius 1 is 1.00 bits per heavy atom. The predicted octanol–water partition coefficient (Wildman–Crippen LogP) is 7.16. The highest BCUT2D eigenvalue weighted by atomic mass is 19.1. The van der Waals surface area contributed by atoms with E-state index >= 15 is 0 Å². The number of nitrogens with one attached hydrogen (secondary N) is 1. The van der Waals surface area contributed by atoms with Crippen LogP contribution in [-0.4, -0.2) is 48.6 Å². The van der Waals surface area contributed by atoms with Crippen molar-refractivity contribution in [2.75, 3.05) is 19.6 Å². The van der Waals surface area contributed by atoms with Gasteiger partial charge in [-0.05, 0) is 87.4 Å². The molecule has 1 unspecified atom stereocenters. The SMILES string of the molecule is CCC(CCCN1CCC(NC(=O)c2ccccc2-c2cccc(F)c2)CC1)(CC(=O)OC(C)C)c1ccccc1. The summed E-state index contributed by atoms with van der Waals surface area (Å²) in [7, 11) is 0. The third kappa shape index (κ3) is 8.26. The number of carbonyl (C=O) groups excluding carboxylic acids is 2. The smallest absolute Gasteiger partial charge is 0.306 e. The van der Waals surface area contributed by atoms with Gasteiger partial charge in [-0.25, -0.2) is 4.39 Å². The molecule has 0 bridgehead atoms. The van der Waals surface area contributed by atoms with Crippen molar-refractivity contribution in [2.45, 2.75) is 76.9 Å². The van der Waals surface area contributed by atoms with Crippen LogP contribution in [0.4, 0.5) is 4.39 Å². The number of ether oxygens (including phenoxy) is 1. The Morgan fingerprint density at radius 3 is 2.39 bits per heavy atom. The Kier molecular flexibility index (Phi) is 10.7. The van der Waals surface area contributed by atoms with Crippen LogP contribution < -0.4 is 5.32 Å². The van der Waals surface area contributed by atoms with E-state index < -0.39 is 0 Å². The van der Waals surface area contributed by atoms with Gasteiger partial charge in [0.1, 0.15) is 5.82 Å². The van der Waals surface area contributed by atoms with Gasteiger partial charge in [0.25, 0.3) is 5.91 Å². The summed E-state index contributed by atoms with van der Waals surface area (Å²) in [6, 6.07) is 24.2. The number of rotatable bonds is 12. The second-order valence-corrected chi connectivity index (χ2v) is 11.5. The maximum atomic E-state index is 13.8. The number of hydrogen-bond donors (Lipinski definition) is 1. The molecule has 1 aliphatic rings. The summed E-state index contributed by atoms with van der Waals surface area (Å²) in [5, 5.41) is 3.22. The number of likely N-dealkylation sites (tertiary alicyclic amines) is 1. The molecule has 218 valence electrons. The molecule has 0 aromatic heterocycles. The van der Waals surface area contributed by atoms with Gasteiger partial charge in [-0.15, -0.1) is 0 Å². The van der Waals surface area contributed by atoms with Gasteiger partial charge >= 0.3 is 5.97 Å². The van der Waals surface area contributed by atoms with E-state index in [2.05, 4.69) is 29.3 Å². The molecule has 1 atom stereocenters. The van der Waals surface area contributed by atoms with Crippen LogP contribution in [0.15, 0.2) is 78.9 Å². The Morgan fingerprint density at radius 2 is 1.71 bits per heavy atom. The summed E-state index contributed by atoms with van der Waals surface area (Å²) in [4.78, 5) is 28.4. The van der Waals surface area contributed by atoms with Crippen molar-refractivity contribution in [3.05, 3.63) is 95.8 Å². The summed E-state index contributed by atoms with van der Waals surface area (Å²) >= 11 is 0. The van der Waals surface area contributed by atoms with Gasteiger partial charge in [0.15, 0.2) is 0 Å². The van der Waals surface area contributed by atoms with E-state index in [9.17, 15) is 14.0 Å². The number of piperidine rings is 1. The van der Waals surface area contributed by atoms with E-state index in [1.54, 1.807) is 12.1 Å². The number of nitrogens with zero attached hydrogens (tertiary/aromatic N) is 1. The largest absolute Gasteiger partial charge is 0.463 e. The topological polar surface area (TPSA) is 58.6 Å². The number of carbonyl (C=O) groups is 2. The van der Waals surface area contributed by atoms with Gasteiger partial charge in [-0.1, -0.05) is 67.6 Å². The van der Waals surface area contributed by atoms with Crippen molar-refractivity contribution in [3.8, 4) is 11.1 Å². The fraction of sp³-hybridized carbons (Fsp3) is 0.429. The monoisotopic (exact) mass is 558 g/mol. The minimum absolute atomic E-state index is 0.101. The van der Waals surface area contributed by atoms with E-state index in [0.717, 1.165) is 57.3 Å². The maximum Gasteiger partial charge on any atom is 0.306 e. The van der Waals surface area contributed by atoms with E-state index in [1.807, 2.05) is 56.3 Å². The standard InChI is InChI=1S/C35H43FN2O3/c1-4-35(25-33(39)41-26(2)3,28-13-6-5-7-14-28)20-11-21-38-22-18-30(19-23-38)37-34(40)32-17-9-8-16-31(32)27-12-10-15-29(36)24-27/h5-10,12-17,24,26,30H,4,11,18-23,25H2,1-3H3,(H,37,40). The number of halogens is 1. The molecule has 0 radical (unpaired) electrons. The molecule has 6 heteroatoms. The van der Waals surface area contributed by atoms with Crippen molar-refractivity contribution in [3.63, 3.8) is 0 Å². The minimum Gasteiger partial charge on any atom is -0.463 e. The minimum atomic E-state index is -0.319. The molecule has 1 fully saturated rings. The molecule has 3 aromatic rings. The van der Waals surface area contributed by atoms with Crippen LogP contribution in [0, 0.1) is 5.82 Å². The molecule has 0 spiro atoms. The predicted molar refractivity (Wildman–Crippen MR) is 162 cm³/mol. The molecule has 1 saturated heterocycles. The van der Waals surface area contributed by atoms with Gasteiger partial charge in [-0.2, -0.15) is 0 Å². The molecular formula is C35H43FN2O3. The first-order valence-electron chi connectivity index (χ1n) is 14.9. The highest BCUT2D eigenvalue weighted by Crippen LogP contribution is 2.37. The fourth-order valence-corrected chi connectivity index (χ4v) is 6.01. The average molecular weight is 559 g/mol. The Balaban J connectivity index is 1.31. The van der Waals surface area contributed by atoms with Crippen molar-refractivity contribution in [1.82, 2.24) is 10.2 Å². The molecule has 1 heterocycles. The van der Waals surface area contributed by atoms with Gasteiger partial charge in [0, 0.05) is 30.1 Å². The fourth-order valence-electron chi connectivity index (χ4n) is 6.01. The van der Waals surface area contributed by atoms with Crippen molar-refractivity contribution in [1.29, 1.82) is 0 Å². The number of amides is 1. The lowest BCUT2D eigenvalue weighted by Gasteiger charge is -2.36. The molecule has 1 amide bonds. The van der Waals surface area contributed by atoms with Gasteiger partial charge < -0.3 is 15.0 Å². The third-order valence-electron chi connectivity index (χ3n) is 8.27. The zero-order chi connectivity index (χ0) is 29.2. The zero-order valence-electron chi connectivity index (χ0n) is 24.6. The van der Waals surface area contributed by atoms with E-state index in [-0.39, 0.29) is 35.3 Å². The van der Waals surface area contributed by atoms with Gasteiger partial charge in [-0.3, -0.25) is 9.59 Å². The zero-order valence-corrected chi connectivity index (χ0v) is 24.6. The van der Waals surface area contributed by atoms with E-state index in [1.165, 1.54) is 17.7 Å². The lowest BCUT2D eigenvalue weighted by atomic mass is 9.72. The molecule has 4 rings (SSSR count). The average Bonchev–Trinajstić information content (AvgIpc) is 2.97. The van der Waals surface area contributed by atoms with Crippen LogP contribution in [-0.2, 0) is 14.9 Å². The molecule has 1 aliphatic heterocycles. The second kappa shape index (κ2) is 14.4. The lowest BCUT2D eigenvalue weighted by molar-refractivity contribution is -0.149. The Hall–Kier alpha value is -3.51. The number of hydrogen-bond acceptors (Lipinski definition) is 4. The number of benzene rings is 3. The van der Waals surface area contributed by atoms with Crippen LogP contribution in [0.5, 0.6) is 0 Å². The lowest BCUT2D eigenvalue weighted by Crippen LogP contribution is -2.45. The van der Waals surface area contributed by atoms with Crippen molar-refractivity contribution >= 4 is 11.9 Å². The van der Waals surface area contributed by atoms with Gasteiger partial charge in [0.2, 0.25) is 0 Å². The molecule has 0 saturated carbocycles. The van der Waals surface area contributed by atoms with Crippen LogP contribution in [0.2, 0.25) is 0 Å². The summed E-state index contributed by atoms with van der Waals surface area (Å²) in [6.07, 6.45) is 4.79. The molecule has 1 N–H and O–H groups in total. The number of esters is 1. The van der Waals surface area contributed by atoms with E-state index in [0.29, 0.717) is 17.5 Å². The Labute approximate surface area is 244 Å². The first kappa shape index (κ1) is 30.4. The van der Waals surface area contributed by atoms with Crippen LogP contribution in [0.1, 0.15) is 75.2 Å². The first-order chi connectivity index (χ1) is 19.8. The first-order valence-corrected chi connectivity index (χ1v) is 14.9. The van der Waals surface area contributed by atoms with Crippen LogP contribution in [0.3, 0.4) is 0 Å². The van der Waals surface area contributed by atoms with Crippen molar-refractivity contribution in [2.24, 2.45) is 0 Å². The molecule has 0 aliphatic carbocycles. The van der Waals surface area contributed by atoms with Crippen LogP contribution >= 0.6 is 0 Å². The highest BCUT2D eigenvalue weighted by Gasteiger charge is 2.34. The van der Waals surface area contributed by atoms with Gasteiger partial charge in [0.05, 0.1) is 12.5 Å². The third-order valence-corrected chi connectivity index (χ3v) is 8.27. The Bertz CT molecular complexity index is 1290. The summed E-state index contributed by atoms with van der Waals surface area (Å²) in [5.41, 5.74) is 2.95. The van der Waals surface area contributed by atoms with Crippen LogP contribution in [0.25, 0.3) is 11.1 Å². The quantitative estimate of drug-likeness (QED) is 0.240. The molecule has 41 heavy (non-hydrogen) atoms. The van der Waals surface area contributed by atoms with E-state index in [4.69, 9.17) is 4.74 Å². The summed E-state index contributed by atoms with van der Waals surface area (Å²) in [5.74, 6) is -0.575. The van der Waals surface area contributed by atoms with Crippen molar-refractivity contribution < 1.29 is 18.7 Å². The maximum absolute atomic E-state index is 13.8. The highest BCUT2D eigenvalue weighted by molar-refractivity contribution is 6.01. The second-order valence-electron chi connectivity index (χ2n) is 11.5. The summed E-state index contributed by atoms with van der Waals surface area (Å²) in [6.45, 7) is 8.73.